The molecule has 2 rings (SSSR count). The van der Waals surface area contributed by atoms with Gasteiger partial charge < -0.3 is 4.74 Å². The third-order valence-corrected chi connectivity index (χ3v) is 2.55. The van der Waals surface area contributed by atoms with E-state index in [-0.39, 0.29) is 11.8 Å². The number of benzene rings is 1. The number of fused-ring (bicyclic) bond motifs is 1. The van der Waals surface area contributed by atoms with E-state index >= 15 is 0 Å². The van der Waals surface area contributed by atoms with Crippen molar-refractivity contribution in [1.82, 2.24) is 0 Å². The lowest BCUT2D eigenvalue weighted by Crippen LogP contribution is -2.09. The fourth-order valence-electron chi connectivity index (χ4n) is 1.75. The minimum absolute atomic E-state index is 0.281. The van der Waals surface area contributed by atoms with E-state index in [0.717, 1.165) is 17.5 Å². The zero-order valence-corrected chi connectivity index (χ0v) is 8.42. The molecule has 0 saturated carbocycles. The Balaban J connectivity index is 2.39. The first kappa shape index (κ1) is 9.90. The van der Waals surface area contributed by atoms with Crippen molar-refractivity contribution in [3.05, 3.63) is 40.7 Å². The van der Waals surface area contributed by atoms with Crippen LogP contribution < -0.4 is 0 Å². The summed E-state index contributed by atoms with van der Waals surface area (Å²) in [6.07, 6.45) is 3.12. The Labute approximate surface area is 87.4 Å². The van der Waals surface area contributed by atoms with Crippen LogP contribution in [0, 0.1) is 5.82 Å². The van der Waals surface area contributed by atoms with Crippen LogP contribution >= 0.6 is 0 Å². The Bertz CT molecular complexity index is 435. The molecule has 0 radical (unpaired) electrons. The van der Waals surface area contributed by atoms with Crippen molar-refractivity contribution in [2.75, 3.05) is 7.11 Å². The molecular formula is C12H11FO2. The number of hydrogen-bond donors (Lipinski definition) is 0. The molecule has 15 heavy (non-hydrogen) atoms. The molecule has 0 spiro atoms. The van der Waals surface area contributed by atoms with Gasteiger partial charge in [0.1, 0.15) is 5.82 Å². The van der Waals surface area contributed by atoms with Crippen LogP contribution in [-0.2, 0) is 16.0 Å². The standard InChI is InChI=1S/C12H11FO2/c1-15-12(14)9-3-2-8-4-5-11(13)7-10(8)6-9/h4-7H,2-3H2,1H3. The number of rotatable bonds is 1. The van der Waals surface area contributed by atoms with Gasteiger partial charge in [-0.1, -0.05) is 6.07 Å². The highest BCUT2D eigenvalue weighted by Crippen LogP contribution is 2.25. The molecule has 0 atom stereocenters. The van der Waals surface area contributed by atoms with Gasteiger partial charge in [-0.15, -0.1) is 0 Å². The number of esters is 1. The van der Waals surface area contributed by atoms with E-state index in [1.807, 2.05) is 0 Å². The van der Waals surface area contributed by atoms with Crippen molar-refractivity contribution in [1.29, 1.82) is 0 Å². The quantitative estimate of drug-likeness (QED) is 0.659. The Hall–Kier alpha value is -1.64. The van der Waals surface area contributed by atoms with E-state index < -0.39 is 0 Å². The van der Waals surface area contributed by atoms with E-state index in [9.17, 15) is 9.18 Å². The number of ether oxygens (including phenoxy) is 1. The third kappa shape index (κ3) is 1.91. The van der Waals surface area contributed by atoms with Gasteiger partial charge in [0.05, 0.1) is 7.11 Å². The lowest BCUT2D eigenvalue weighted by molar-refractivity contribution is -0.136. The Morgan fingerprint density at radius 1 is 1.40 bits per heavy atom. The van der Waals surface area contributed by atoms with Gasteiger partial charge in [0.25, 0.3) is 0 Å². The van der Waals surface area contributed by atoms with Gasteiger partial charge in [0, 0.05) is 5.57 Å². The molecule has 1 aliphatic rings. The Morgan fingerprint density at radius 2 is 2.20 bits per heavy atom. The summed E-state index contributed by atoms with van der Waals surface area (Å²) in [5.74, 6) is -0.610. The molecule has 0 N–H and O–H groups in total. The molecule has 1 aromatic carbocycles. The van der Waals surface area contributed by atoms with Crippen LogP contribution in [0.1, 0.15) is 17.5 Å². The van der Waals surface area contributed by atoms with Crippen LogP contribution in [0.3, 0.4) is 0 Å². The normalized spacial score (nSPS) is 14.1. The minimum Gasteiger partial charge on any atom is -0.466 e. The summed E-state index contributed by atoms with van der Waals surface area (Å²) in [7, 11) is 1.35. The van der Waals surface area contributed by atoms with Gasteiger partial charge in [-0.25, -0.2) is 9.18 Å². The van der Waals surface area contributed by atoms with Crippen LogP contribution in [0.25, 0.3) is 6.08 Å². The van der Waals surface area contributed by atoms with E-state index in [1.54, 1.807) is 12.1 Å². The first-order valence-corrected chi connectivity index (χ1v) is 4.78. The Morgan fingerprint density at radius 3 is 2.93 bits per heavy atom. The lowest BCUT2D eigenvalue weighted by atomic mass is 9.92. The van der Waals surface area contributed by atoms with Crippen LogP contribution in [0.15, 0.2) is 23.8 Å². The third-order valence-electron chi connectivity index (χ3n) is 2.55. The first-order chi connectivity index (χ1) is 7.20. The molecule has 3 heteroatoms. The van der Waals surface area contributed by atoms with Crippen molar-refractivity contribution in [3.8, 4) is 0 Å². The average molecular weight is 206 g/mol. The molecule has 0 aliphatic heterocycles. The molecule has 0 bridgehead atoms. The fraction of sp³-hybridized carbons (Fsp3) is 0.250. The van der Waals surface area contributed by atoms with E-state index in [1.165, 1.54) is 19.2 Å². The van der Waals surface area contributed by atoms with Crippen molar-refractivity contribution in [2.24, 2.45) is 0 Å². The topological polar surface area (TPSA) is 26.3 Å². The van der Waals surface area contributed by atoms with Gasteiger partial charge in [0.2, 0.25) is 0 Å². The SMILES string of the molecule is COC(=O)C1=Cc2cc(F)ccc2CC1. The van der Waals surface area contributed by atoms with Gasteiger partial charge in [-0.05, 0) is 42.2 Å². The van der Waals surface area contributed by atoms with Crippen LogP contribution in [0.4, 0.5) is 4.39 Å². The number of carbonyl (C=O) groups excluding carboxylic acids is 1. The molecule has 1 aromatic rings. The smallest absolute Gasteiger partial charge is 0.333 e. The lowest BCUT2D eigenvalue weighted by Gasteiger charge is -2.14. The molecule has 0 unspecified atom stereocenters. The van der Waals surface area contributed by atoms with E-state index in [0.29, 0.717) is 12.0 Å². The Kier molecular flexibility index (Phi) is 2.54. The van der Waals surface area contributed by atoms with Crippen molar-refractivity contribution in [3.63, 3.8) is 0 Å². The molecule has 0 fully saturated rings. The number of aryl methyl sites for hydroxylation is 1. The molecule has 0 saturated heterocycles. The molecule has 78 valence electrons. The van der Waals surface area contributed by atoms with Crippen LogP contribution in [-0.4, -0.2) is 13.1 Å². The fourth-order valence-corrected chi connectivity index (χ4v) is 1.75. The average Bonchev–Trinajstić information content (AvgIpc) is 2.27. The van der Waals surface area contributed by atoms with Crippen molar-refractivity contribution < 1.29 is 13.9 Å². The predicted molar refractivity (Wildman–Crippen MR) is 54.7 cm³/mol. The number of hydrogen-bond acceptors (Lipinski definition) is 2. The maximum Gasteiger partial charge on any atom is 0.333 e. The molecule has 0 heterocycles. The van der Waals surface area contributed by atoms with E-state index in [2.05, 4.69) is 4.74 Å². The van der Waals surface area contributed by atoms with Gasteiger partial charge in [-0.3, -0.25) is 0 Å². The second-order valence-corrected chi connectivity index (χ2v) is 3.50. The highest BCUT2D eigenvalue weighted by atomic mass is 19.1. The van der Waals surface area contributed by atoms with Gasteiger partial charge in [-0.2, -0.15) is 0 Å². The maximum absolute atomic E-state index is 13.0. The summed E-state index contributed by atoms with van der Waals surface area (Å²) < 4.78 is 17.6. The van der Waals surface area contributed by atoms with Crippen molar-refractivity contribution >= 4 is 12.0 Å². The molecular weight excluding hydrogens is 195 g/mol. The summed E-state index contributed by atoms with van der Waals surface area (Å²) >= 11 is 0. The van der Waals surface area contributed by atoms with Gasteiger partial charge >= 0.3 is 5.97 Å². The predicted octanol–water partition coefficient (Wildman–Crippen LogP) is 2.33. The highest BCUT2D eigenvalue weighted by molar-refractivity contribution is 5.94. The minimum atomic E-state index is -0.329. The maximum atomic E-state index is 13.0. The second-order valence-electron chi connectivity index (χ2n) is 3.50. The summed E-state index contributed by atoms with van der Waals surface area (Å²) in [5, 5.41) is 0. The van der Waals surface area contributed by atoms with Crippen molar-refractivity contribution in [2.45, 2.75) is 12.8 Å². The number of methoxy groups -OCH3 is 1. The summed E-state index contributed by atoms with van der Waals surface area (Å²) in [6.45, 7) is 0. The molecule has 2 nitrogen and oxygen atoms in total. The first-order valence-electron chi connectivity index (χ1n) is 4.78. The zero-order chi connectivity index (χ0) is 10.8. The van der Waals surface area contributed by atoms with E-state index in [4.69, 9.17) is 0 Å². The summed E-state index contributed by atoms with van der Waals surface area (Å²) in [4.78, 5) is 11.3. The number of carbonyl (C=O) groups is 1. The molecule has 0 amide bonds. The largest absolute Gasteiger partial charge is 0.466 e. The summed E-state index contributed by atoms with van der Waals surface area (Å²) in [5.41, 5.74) is 2.46. The monoisotopic (exact) mass is 206 g/mol. The second kappa shape index (κ2) is 3.85. The van der Waals surface area contributed by atoms with Gasteiger partial charge in [0.15, 0.2) is 0 Å². The zero-order valence-electron chi connectivity index (χ0n) is 8.42. The highest BCUT2D eigenvalue weighted by Gasteiger charge is 2.16. The number of halogens is 1. The molecule has 0 aromatic heterocycles. The summed E-state index contributed by atoms with van der Waals surface area (Å²) in [6, 6.07) is 4.64. The van der Waals surface area contributed by atoms with Crippen LogP contribution in [0.2, 0.25) is 0 Å². The van der Waals surface area contributed by atoms with Crippen LogP contribution in [0.5, 0.6) is 0 Å². The molecule has 1 aliphatic carbocycles.